The predicted molar refractivity (Wildman–Crippen MR) is 50.6 cm³/mol. The van der Waals surface area contributed by atoms with Crippen LogP contribution in [0.5, 0.6) is 0 Å². The van der Waals surface area contributed by atoms with Crippen molar-refractivity contribution in [3.63, 3.8) is 0 Å². The van der Waals surface area contributed by atoms with Crippen molar-refractivity contribution in [1.29, 1.82) is 0 Å². The van der Waals surface area contributed by atoms with E-state index in [2.05, 4.69) is 20.8 Å². The molecule has 0 aliphatic heterocycles. The van der Waals surface area contributed by atoms with Gasteiger partial charge in [-0.2, -0.15) is 0 Å². The lowest BCUT2D eigenvalue weighted by Gasteiger charge is -2.14. The molecule has 0 N–H and O–H groups in total. The Morgan fingerprint density at radius 1 is 1.36 bits per heavy atom. The van der Waals surface area contributed by atoms with E-state index in [1.807, 2.05) is 0 Å². The molecule has 0 heterocycles. The van der Waals surface area contributed by atoms with Crippen LogP contribution < -0.4 is 0 Å². The first-order valence-electron chi connectivity index (χ1n) is 5.22. The van der Waals surface area contributed by atoms with Crippen molar-refractivity contribution in [3.05, 3.63) is 0 Å². The molecular weight excluding hydrogens is 132 g/mol. The highest BCUT2D eigenvalue weighted by molar-refractivity contribution is 4.73. The smallest absolute Gasteiger partial charge is 0.0409 e. The Hall–Kier alpha value is 0. The summed E-state index contributed by atoms with van der Waals surface area (Å²) in [5.74, 6) is 3.05. The summed E-state index contributed by atoms with van der Waals surface area (Å²) < 4.78 is 0. The quantitative estimate of drug-likeness (QED) is 0.579. The van der Waals surface area contributed by atoms with Gasteiger partial charge in [-0.15, -0.1) is 0 Å². The zero-order chi connectivity index (χ0) is 8.27. The van der Waals surface area contributed by atoms with E-state index in [1.165, 1.54) is 32.1 Å². The molecule has 0 bridgehead atoms. The van der Waals surface area contributed by atoms with Crippen molar-refractivity contribution < 1.29 is 0 Å². The molecule has 0 nitrogen and oxygen atoms in total. The first-order valence-corrected chi connectivity index (χ1v) is 5.22. The first-order chi connectivity index (χ1) is 5.22. The normalized spacial score (nSPS) is 34.1. The Kier molecular flexibility index (Phi) is 3.42. The fourth-order valence-corrected chi connectivity index (χ4v) is 2.27. The average molecular weight is 154 g/mol. The highest BCUT2D eigenvalue weighted by atomic mass is 14.3. The number of hydrogen-bond acceptors (Lipinski definition) is 0. The zero-order valence-corrected chi connectivity index (χ0v) is 8.27. The predicted octanol–water partition coefficient (Wildman–Crippen LogP) is 3.86. The van der Waals surface area contributed by atoms with E-state index in [0.29, 0.717) is 0 Å². The maximum absolute atomic E-state index is 2.40. The fourth-order valence-electron chi connectivity index (χ4n) is 2.27. The molecule has 0 heteroatoms. The van der Waals surface area contributed by atoms with E-state index < -0.39 is 0 Å². The third-order valence-electron chi connectivity index (χ3n) is 3.24. The van der Waals surface area contributed by atoms with Crippen molar-refractivity contribution >= 4 is 0 Å². The van der Waals surface area contributed by atoms with E-state index in [-0.39, 0.29) is 0 Å². The SMILES string of the molecule is CCC(C)CC1CCC(C)C1. The summed E-state index contributed by atoms with van der Waals surface area (Å²) in [7, 11) is 0. The molecule has 3 atom stereocenters. The summed E-state index contributed by atoms with van der Waals surface area (Å²) >= 11 is 0. The topological polar surface area (TPSA) is 0 Å². The zero-order valence-electron chi connectivity index (χ0n) is 8.27. The van der Waals surface area contributed by atoms with Gasteiger partial charge in [-0.25, -0.2) is 0 Å². The van der Waals surface area contributed by atoms with E-state index in [4.69, 9.17) is 0 Å². The lowest BCUT2D eigenvalue weighted by atomic mass is 9.92. The second kappa shape index (κ2) is 4.13. The first kappa shape index (κ1) is 9.09. The van der Waals surface area contributed by atoms with Crippen LogP contribution in [0.1, 0.15) is 52.9 Å². The van der Waals surface area contributed by atoms with Gasteiger partial charge in [-0.05, 0) is 30.6 Å². The van der Waals surface area contributed by atoms with Crippen LogP contribution in [0.15, 0.2) is 0 Å². The molecule has 0 radical (unpaired) electrons. The molecule has 0 aromatic heterocycles. The molecule has 0 aromatic rings. The molecule has 66 valence electrons. The third kappa shape index (κ3) is 2.84. The van der Waals surface area contributed by atoms with Crippen LogP contribution in [0.2, 0.25) is 0 Å². The van der Waals surface area contributed by atoms with E-state index in [9.17, 15) is 0 Å². The molecule has 1 rings (SSSR count). The van der Waals surface area contributed by atoms with Crippen molar-refractivity contribution in [2.24, 2.45) is 17.8 Å². The van der Waals surface area contributed by atoms with E-state index in [0.717, 1.165) is 17.8 Å². The van der Waals surface area contributed by atoms with E-state index in [1.54, 1.807) is 0 Å². The summed E-state index contributed by atoms with van der Waals surface area (Å²) in [6, 6.07) is 0. The van der Waals surface area contributed by atoms with E-state index >= 15 is 0 Å². The van der Waals surface area contributed by atoms with Crippen molar-refractivity contribution in [2.75, 3.05) is 0 Å². The maximum Gasteiger partial charge on any atom is -0.0409 e. The minimum atomic E-state index is 0.963. The lowest BCUT2D eigenvalue weighted by Crippen LogP contribution is -2.01. The Balaban J connectivity index is 2.17. The van der Waals surface area contributed by atoms with Crippen LogP contribution in [0.4, 0.5) is 0 Å². The molecule has 0 saturated heterocycles. The average Bonchev–Trinajstić information content (AvgIpc) is 2.35. The maximum atomic E-state index is 2.40. The number of rotatable bonds is 3. The molecule has 3 unspecified atom stereocenters. The van der Waals surface area contributed by atoms with Gasteiger partial charge in [0.1, 0.15) is 0 Å². The Morgan fingerprint density at radius 3 is 2.55 bits per heavy atom. The molecule has 1 aliphatic rings. The van der Waals surface area contributed by atoms with Gasteiger partial charge in [0, 0.05) is 0 Å². The van der Waals surface area contributed by atoms with Crippen LogP contribution in [-0.2, 0) is 0 Å². The van der Waals surface area contributed by atoms with Crippen molar-refractivity contribution in [3.8, 4) is 0 Å². The highest BCUT2D eigenvalue weighted by Gasteiger charge is 2.22. The molecule has 1 fully saturated rings. The molecular formula is C11H22. The highest BCUT2D eigenvalue weighted by Crippen LogP contribution is 2.34. The van der Waals surface area contributed by atoms with Gasteiger partial charge in [-0.3, -0.25) is 0 Å². The van der Waals surface area contributed by atoms with Crippen LogP contribution in [0.25, 0.3) is 0 Å². The molecule has 0 amide bonds. The second-order valence-corrected chi connectivity index (χ2v) is 4.53. The standard InChI is InChI=1S/C11H22/c1-4-9(2)7-11-6-5-10(3)8-11/h9-11H,4-8H2,1-3H3. The number of hydrogen-bond donors (Lipinski definition) is 0. The lowest BCUT2D eigenvalue weighted by molar-refractivity contribution is 0.381. The fraction of sp³-hybridized carbons (Fsp3) is 1.00. The van der Waals surface area contributed by atoms with Crippen molar-refractivity contribution in [2.45, 2.75) is 52.9 Å². The minimum Gasteiger partial charge on any atom is -0.0651 e. The Labute approximate surface area is 71.4 Å². The van der Waals surface area contributed by atoms with Crippen LogP contribution in [0.3, 0.4) is 0 Å². The van der Waals surface area contributed by atoms with Gasteiger partial charge in [0.05, 0.1) is 0 Å². The molecule has 0 spiro atoms. The van der Waals surface area contributed by atoms with Gasteiger partial charge < -0.3 is 0 Å². The van der Waals surface area contributed by atoms with Gasteiger partial charge in [0.2, 0.25) is 0 Å². The largest absolute Gasteiger partial charge is 0.0651 e. The monoisotopic (exact) mass is 154 g/mol. The second-order valence-electron chi connectivity index (χ2n) is 4.53. The van der Waals surface area contributed by atoms with Gasteiger partial charge in [0.15, 0.2) is 0 Å². The van der Waals surface area contributed by atoms with Crippen LogP contribution in [-0.4, -0.2) is 0 Å². The molecule has 0 aromatic carbocycles. The Morgan fingerprint density at radius 2 is 2.09 bits per heavy atom. The minimum absolute atomic E-state index is 0.963. The third-order valence-corrected chi connectivity index (χ3v) is 3.24. The molecule has 1 aliphatic carbocycles. The van der Waals surface area contributed by atoms with Gasteiger partial charge in [-0.1, -0.05) is 40.0 Å². The summed E-state index contributed by atoms with van der Waals surface area (Å²) in [6.45, 7) is 7.10. The Bertz CT molecular complexity index is 107. The van der Waals surface area contributed by atoms with Gasteiger partial charge >= 0.3 is 0 Å². The summed E-state index contributed by atoms with van der Waals surface area (Å²) in [5, 5.41) is 0. The summed E-state index contributed by atoms with van der Waals surface area (Å²) in [6.07, 6.45) is 7.35. The molecule has 1 saturated carbocycles. The van der Waals surface area contributed by atoms with Gasteiger partial charge in [0.25, 0.3) is 0 Å². The molecule has 11 heavy (non-hydrogen) atoms. The van der Waals surface area contributed by atoms with Crippen LogP contribution in [0, 0.1) is 17.8 Å². The van der Waals surface area contributed by atoms with Crippen molar-refractivity contribution in [1.82, 2.24) is 0 Å². The van der Waals surface area contributed by atoms with Crippen LogP contribution >= 0.6 is 0 Å². The summed E-state index contributed by atoms with van der Waals surface area (Å²) in [4.78, 5) is 0. The summed E-state index contributed by atoms with van der Waals surface area (Å²) in [5.41, 5.74) is 0.